The molecule has 0 atom stereocenters. The molecule has 1 aliphatic heterocycles. The van der Waals surface area contributed by atoms with Gasteiger partial charge in [-0.05, 0) is 43.9 Å². The van der Waals surface area contributed by atoms with E-state index in [0.29, 0.717) is 40.4 Å². The summed E-state index contributed by atoms with van der Waals surface area (Å²) in [6.07, 6.45) is 4.43. The van der Waals surface area contributed by atoms with E-state index in [2.05, 4.69) is 22.8 Å². The van der Waals surface area contributed by atoms with Gasteiger partial charge in [0.15, 0.2) is 0 Å². The highest BCUT2D eigenvalue weighted by molar-refractivity contribution is 6.35. The highest BCUT2D eigenvalue weighted by Gasteiger charge is 2.54. The highest BCUT2D eigenvalue weighted by Crippen LogP contribution is 2.50. The van der Waals surface area contributed by atoms with E-state index in [1.54, 1.807) is 12.1 Å². The van der Waals surface area contributed by atoms with E-state index >= 15 is 0 Å². The molecule has 172 valence electrons. The van der Waals surface area contributed by atoms with Crippen LogP contribution < -0.4 is 14.5 Å². The van der Waals surface area contributed by atoms with Crippen LogP contribution in [-0.2, 0) is 4.79 Å². The van der Waals surface area contributed by atoms with Gasteiger partial charge in [-0.15, -0.1) is 0 Å². The van der Waals surface area contributed by atoms with Crippen molar-refractivity contribution in [3.8, 4) is 17.6 Å². The maximum atomic E-state index is 13.6. The summed E-state index contributed by atoms with van der Waals surface area (Å²) in [5, 5.41) is 9.72. The number of hydrogen-bond donors (Lipinski definition) is 1. The molecule has 33 heavy (non-hydrogen) atoms. The zero-order valence-corrected chi connectivity index (χ0v) is 19.8. The van der Waals surface area contributed by atoms with Gasteiger partial charge in [0.1, 0.15) is 12.4 Å². The number of fused-ring (bicyclic) bond motifs is 1. The SMILES string of the molecule is O=C(N1CCN(C2CC2)c2ccccc21)C1(COc2cc(Cl)c(C#CCCO)cc2Cl)CC1. The Bertz CT molecular complexity index is 1130. The molecule has 0 saturated heterocycles. The fourth-order valence-electron chi connectivity index (χ4n) is 4.38. The minimum atomic E-state index is -0.524. The Labute approximate surface area is 204 Å². The number of benzene rings is 2. The Kier molecular flexibility index (Phi) is 6.18. The van der Waals surface area contributed by atoms with Gasteiger partial charge in [-0.25, -0.2) is 0 Å². The van der Waals surface area contributed by atoms with Crippen LogP contribution in [0, 0.1) is 17.3 Å². The summed E-state index contributed by atoms with van der Waals surface area (Å²) >= 11 is 12.8. The third-order valence-corrected chi connectivity index (χ3v) is 7.18. The van der Waals surface area contributed by atoms with Crippen molar-refractivity contribution in [2.45, 2.75) is 38.1 Å². The van der Waals surface area contributed by atoms with Gasteiger partial charge in [0.2, 0.25) is 5.91 Å². The van der Waals surface area contributed by atoms with Crippen molar-refractivity contribution in [2.24, 2.45) is 5.41 Å². The first-order valence-corrected chi connectivity index (χ1v) is 12.2. The second-order valence-corrected chi connectivity index (χ2v) is 9.79. The Balaban J connectivity index is 1.30. The van der Waals surface area contributed by atoms with Gasteiger partial charge < -0.3 is 19.6 Å². The topological polar surface area (TPSA) is 53.0 Å². The summed E-state index contributed by atoms with van der Waals surface area (Å²) in [7, 11) is 0. The minimum absolute atomic E-state index is 0.00420. The number of anilines is 2. The number of halogens is 2. The molecule has 3 aliphatic rings. The van der Waals surface area contributed by atoms with Gasteiger partial charge in [0.25, 0.3) is 0 Å². The lowest BCUT2D eigenvalue weighted by Gasteiger charge is -2.39. The van der Waals surface area contributed by atoms with E-state index in [0.717, 1.165) is 30.8 Å². The lowest BCUT2D eigenvalue weighted by molar-refractivity contribution is -0.124. The molecule has 2 fully saturated rings. The average molecular weight is 485 g/mol. The number of carbonyl (C=O) groups is 1. The van der Waals surface area contributed by atoms with Gasteiger partial charge in [-0.1, -0.05) is 47.2 Å². The molecule has 2 aliphatic carbocycles. The van der Waals surface area contributed by atoms with Crippen LogP contribution in [0.3, 0.4) is 0 Å². The van der Waals surface area contributed by atoms with Crippen LogP contribution in [0.1, 0.15) is 37.7 Å². The molecule has 5 nitrogen and oxygen atoms in total. The first kappa shape index (κ1) is 22.4. The van der Waals surface area contributed by atoms with Crippen LogP contribution in [0.5, 0.6) is 5.75 Å². The van der Waals surface area contributed by atoms with E-state index in [1.807, 2.05) is 23.1 Å². The number of aliphatic hydroxyl groups excluding tert-OH is 1. The van der Waals surface area contributed by atoms with Gasteiger partial charge in [0.05, 0.1) is 33.4 Å². The average Bonchev–Trinajstić information content (AvgIpc) is 3.74. The van der Waals surface area contributed by atoms with Gasteiger partial charge in [-0.2, -0.15) is 0 Å². The van der Waals surface area contributed by atoms with Crippen molar-refractivity contribution in [3.05, 3.63) is 52.0 Å². The van der Waals surface area contributed by atoms with Crippen molar-refractivity contribution in [3.63, 3.8) is 0 Å². The van der Waals surface area contributed by atoms with Crippen molar-refractivity contribution in [2.75, 3.05) is 36.1 Å². The van der Waals surface area contributed by atoms with E-state index in [4.69, 9.17) is 33.0 Å². The first-order chi connectivity index (χ1) is 16.0. The van der Waals surface area contributed by atoms with E-state index in [9.17, 15) is 4.79 Å². The molecule has 7 heteroatoms. The van der Waals surface area contributed by atoms with Gasteiger partial charge in [-0.3, -0.25) is 4.79 Å². The minimum Gasteiger partial charge on any atom is -0.491 e. The molecule has 2 aromatic rings. The van der Waals surface area contributed by atoms with Crippen LogP contribution in [-0.4, -0.2) is 43.4 Å². The number of aliphatic hydroxyl groups is 1. The summed E-state index contributed by atoms with van der Waals surface area (Å²) in [6, 6.07) is 12.1. The number of hydrogen-bond acceptors (Lipinski definition) is 4. The Hall–Kier alpha value is -2.39. The molecule has 2 aromatic carbocycles. The Morgan fingerprint density at radius 2 is 1.88 bits per heavy atom. The lowest BCUT2D eigenvalue weighted by Crippen LogP contribution is -2.48. The smallest absolute Gasteiger partial charge is 0.236 e. The Morgan fingerprint density at radius 1 is 1.12 bits per heavy atom. The molecular weight excluding hydrogens is 459 g/mol. The molecule has 1 heterocycles. The van der Waals surface area contributed by atoms with Crippen molar-refractivity contribution in [1.29, 1.82) is 0 Å². The largest absolute Gasteiger partial charge is 0.491 e. The number of amides is 1. The zero-order valence-electron chi connectivity index (χ0n) is 18.3. The maximum absolute atomic E-state index is 13.6. The van der Waals surface area contributed by atoms with E-state index in [1.165, 1.54) is 12.8 Å². The van der Waals surface area contributed by atoms with Gasteiger partial charge >= 0.3 is 0 Å². The predicted octanol–water partition coefficient (Wildman–Crippen LogP) is 4.90. The molecule has 1 amide bonds. The first-order valence-electron chi connectivity index (χ1n) is 11.4. The van der Waals surface area contributed by atoms with Gasteiger partial charge in [0, 0.05) is 37.2 Å². The summed E-state index contributed by atoms with van der Waals surface area (Å²) in [5.74, 6) is 6.32. The molecule has 0 bridgehead atoms. The second-order valence-electron chi connectivity index (χ2n) is 8.98. The molecule has 5 rings (SSSR count). The Morgan fingerprint density at radius 3 is 2.58 bits per heavy atom. The summed E-state index contributed by atoms with van der Waals surface area (Å²) in [6.45, 7) is 1.82. The number of ether oxygens (including phenoxy) is 1. The van der Waals surface area contributed by atoms with Crippen LogP contribution in [0.15, 0.2) is 36.4 Å². The molecule has 0 unspecified atom stereocenters. The summed E-state index contributed by atoms with van der Waals surface area (Å²) in [4.78, 5) is 18.0. The van der Waals surface area contributed by atoms with Crippen molar-refractivity contribution >= 4 is 40.5 Å². The van der Waals surface area contributed by atoms with E-state index < -0.39 is 5.41 Å². The quantitative estimate of drug-likeness (QED) is 0.592. The van der Waals surface area contributed by atoms with Crippen LogP contribution >= 0.6 is 23.2 Å². The molecular formula is C26H26Cl2N2O3. The number of para-hydroxylation sites is 2. The molecule has 0 aromatic heterocycles. The molecule has 2 saturated carbocycles. The molecule has 0 radical (unpaired) electrons. The van der Waals surface area contributed by atoms with Crippen molar-refractivity contribution < 1.29 is 14.6 Å². The zero-order chi connectivity index (χ0) is 23.0. The van der Waals surface area contributed by atoms with E-state index in [-0.39, 0.29) is 19.1 Å². The third kappa shape index (κ3) is 4.53. The summed E-state index contributed by atoms with van der Waals surface area (Å²) in [5.41, 5.74) is 2.22. The lowest BCUT2D eigenvalue weighted by atomic mass is 10.0. The fraction of sp³-hybridized carbons (Fsp3) is 0.423. The van der Waals surface area contributed by atoms with Crippen LogP contribution in [0.2, 0.25) is 10.0 Å². The van der Waals surface area contributed by atoms with Crippen LogP contribution in [0.4, 0.5) is 11.4 Å². The molecule has 0 spiro atoms. The standard InChI is InChI=1S/C26H26Cl2N2O3/c27-20-16-24(21(28)15-18(20)5-3-4-14-31)33-17-26(10-11-26)25(32)30-13-12-29(19-8-9-19)22-6-1-2-7-23(22)30/h1-2,6-7,15-16,19,31H,4,8-14,17H2. The van der Waals surface area contributed by atoms with Crippen LogP contribution in [0.25, 0.3) is 0 Å². The monoisotopic (exact) mass is 484 g/mol. The predicted molar refractivity (Wildman–Crippen MR) is 131 cm³/mol. The fourth-order valence-corrected chi connectivity index (χ4v) is 4.80. The second kappa shape index (κ2) is 9.10. The highest BCUT2D eigenvalue weighted by atomic mass is 35.5. The van der Waals surface area contributed by atoms with Crippen molar-refractivity contribution in [1.82, 2.24) is 0 Å². The normalized spacial score (nSPS) is 18.3. The number of nitrogens with zero attached hydrogens (tertiary/aromatic N) is 2. The third-order valence-electron chi connectivity index (χ3n) is 6.57. The molecule has 1 N–H and O–H groups in total. The number of carbonyl (C=O) groups excluding carboxylic acids is 1. The summed E-state index contributed by atoms with van der Waals surface area (Å²) < 4.78 is 6.03. The number of rotatable bonds is 6. The maximum Gasteiger partial charge on any atom is 0.236 e.